The summed E-state index contributed by atoms with van der Waals surface area (Å²) >= 11 is 0. The Labute approximate surface area is 222 Å². The summed E-state index contributed by atoms with van der Waals surface area (Å²) in [5, 5.41) is 13.9. The van der Waals surface area contributed by atoms with Crippen LogP contribution in [-0.2, 0) is 22.5 Å². The Hall–Kier alpha value is -4.16. The van der Waals surface area contributed by atoms with Gasteiger partial charge in [0.25, 0.3) is 0 Å². The van der Waals surface area contributed by atoms with E-state index in [2.05, 4.69) is 42.5 Å². The van der Waals surface area contributed by atoms with Gasteiger partial charge in [0.05, 0.1) is 24.9 Å². The van der Waals surface area contributed by atoms with Gasteiger partial charge in [0.1, 0.15) is 6.09 Å². The standard InChI is InChI=1S/C32H31NO5/c34-31(27-7-2-1-3-8-27)37-19-17-23-10-14-26(15-11-23)29-16-18-33(32(35)36)21-30(29)38-22-24-12-13-25-6-4-5-9-28(25)20-24/h1-15,20,29-30H,16-19,21-22H2,(H,35,36)/p-1. The Bertz CT molecular complexity index is 1390. The number of piperidine rings is 1. The molecule has 0 saturated carbocycles. The van der Waals surface area contributed by atoms with Gasteiger partial charge in [0.2, 0.25) is 0 Å². The maximum atomic E-state index is 12.1. The first-order valence-corrected chi connectivity index (χ1v) is 12.9. The van der Waals surface area contributed by atoms with Crippen molar-refractivity contribution in [3.05, 3.63) is 119 Å². The number of carbonyl (C=O) groups is 2. The van der Waals surface area contributed by atoms with Crippen LogP contribution in [0.1, 0.15) is 39.4 Å². The zero-order valence-corrected chi connectivity index (χ0v) is 21.1. The molecule has 38 heavy (non-hydrogen) atoms. The molecule has 194 valence electrons. The van der Waals surface area contributed by atoms with Gasteiger partial charge in [-0.05, 0) is 52.1 Å². The topological polar surface area (TPSA) is 78.9 Å². The molecule has 0 radical (unpaired) electrons. The second-order valence-corrected chi connectivity index (χ2v) is 9.63. The fraction of sp³-hybridized carbons (Fsp3) is 0.250. The molecule has 0 spiro atoms. The first-order chi connectivity index (χ1) is 18.6. The quantitative estimate of drug-likeness (QED) is 0.315. The molecule has 1 fully saturated rings. The molecule has 1 amide bonds. The summed E-state index contributed by atoms with van der Waals surface area (Å²) in [5.74, 6) is -0.260. The molecule has 4 aromatic rings. The van der Waals surface area contributed by atoms with Crippen LogP contribution in [0.2, 0.25) is 0 Å². The van der Waals surface area contributed by atoms with Gasteiger partial charge in [-0.2, -0.15) is 0 Å². The monoisotopic (exact) mass is 508 g/mol. The minimum absolute atomic E-state index is 0.0658. The summed E-state index contributed by atoms with van der Waals surface area (Å²) in [5.41, 5.74) is 3.76. The van der Waals surface area contributed by atoms with Gasteiger partial charge in [-0.25, -0.2) is 4.79 Å². The summed E-state index contributed by atoms with van der Waals surface area (Å²) in [7, 11) is 0. The van der Waals surface area contributed by atoms with Crippen LogP contribution in [0.5, 0.6) is 0 Å². The van der Waals surface area contributed by atoms with Gasteiger partial charge in [-0.1, -0.05) is 78.9 Å². The molecule has 5 rings (SSSR count). The molecule has 1 aliphatic rings. The van der Waals surface area contributed by atoms with Crippen LogP contribution in [0.3, 0.4) is 0 Å². The number of amides is 1. The molecule has 0 bridgehead atoms. The number of rotatable bonds is 8. The van der Waals surface area contributed by atoms with Gasteiger partial charge in [-0.3, -0.25) is 0 Å². The first kappa shape index (κ1) is 25.5. The Balaban J connectivity index is 1.22. The average Bonchev–Trinajstić information content (AvgIpc) is 2.96. The highest BCUT2D eigenvalue weighted by molar-refractivity contribution is 5.89. The summed E-state index contributed by atoms with van der Waals surface area (Å²) in [6, 6.07) is 31.6. The van der Waals surface area contributed by atoms with E-state index in [0.717, 1.165) is 22.1 Å². The third-order valence-electron chi connectivity index (χ3n) is 7.14. The van der Waals surface area contributed by atoms with E-state index in [4.69, 9.17) is 9.47 Å². The summed E-state index contributed by atoms with van der Waals surface area (Å²) in [6.45, 7) is 1.39. The maximum absolute atomic E-state index is 12.1. The zero-order valence-electron chi connectivity index (χ0n) is 21.1. The van der Waals surface area contributed by atoms with Crippen molar-refractivity contribution >= 4 is 22.8 Å². The Morgan fingerprint density at radius 3 is 2.32 bits per heavy atom. The van der Waals surface area contributed by atoms with Crippen LogP contribution in [0.25, 0.3) is 10.8 Å². The van der Waals surface area contributed by atoms with E-state index in [1.165, 1.54) is 10.3 Å². The van der Waals surface area contributed by atoms with E-state index in [-0.39, 0.29) is 24.5 Å². The van der Waals surface area contributed by atoms with Gasteiger partial charge in [-0.15, -0.1) is 0 Å². The molecular weight excluding hydrogens is 478 g/mol. The third-order valence-corrected chi connectivity index (χ3v) is 7.14. The average molecular weight is 509 g/mol. The lowest BCUT2D eigenvalue weighted by molar-refractivity contribution is -0.268. The molecule has 1 heterocycles. The minimum atomic E-state index is -1.16. The van der Waals surface area contributed by atoms with Crippen LogP contribution in [0.4, 0.5) is 4.79 Å². The van der Waals surface area contributed by atoms with Gasteiger partial charge in [0, 0.05) is 25.4 Å². The van der Waals surface area contributed by atoms with E-state index in [9.17, 15) is 14.7 Å². The second-order valence-electron chi connectivity index (χ2n) is 9.63. The number of carbonyl (C=O) groups excluding carboxylic acids is 2. The van der Waals surface area contributed by atoms with Crippen LogP contribution < -0.4 is 5.11 Å². The smallest absolute Gasteiger partial charge is 0.338 e. The van der Waals surface area contributed by atoms with Crippen molar-refractivity contribution in [2.45, 2.75) is 31.5 Å². The highest BCUT2D eigenvalue weighted by atomic mass is 16.5. The molecule has 0 N–H and O–H groups in total. The molecule has 4 aromatic carbocycles. The number of esters is 1. The lowest BCUT2D eigenvalue weighted by Crippen LogP contribution is -2.51. The van der Waals surface area contributed by atoms with Crippen molar-refractivity contribution in [3.8, 4) is 0 Å². The number of hydrogen-bond donors (Lipinski definition) is 0. The number of likely N-dealkylation sites (tertiary alicyclic amines) is 1. The van der Waals surface area contributed by atoms with Crippen molar-refractivity contribution in [3.63, 3.8) is 0 Å². The number of nitrogens with zero attached hydrogens (tertiary/aromatic N) is 1. The summed E-state index contributed by atoms with van der Waals surface area (Å²) < 4.78 is 11.7. The molecule has 6 nitrogen and oxygen atoms in total. The molecule has 1 saturated heterocycles. The Kier molecular flexibility index (Phi) is 8.00. The highest BCUT2D eigenvalue weighted by Gasteiger charge is 2.31. The van der Waals surface area contributed by atoms with Gasteiger partial charge < -0.3 is 24.3 Å². The number of carboxylic acid groups (broad SMARTS) is 1. The number of benzene rings is 4. The molecular formula is C32H30NO5-. The lowest BCUT2D eigenvalue weighted by atomic mass is 9.86. The van der Waals surface area contributed by atoms with Crippen LogP contribution in [0.15, 0.2) is 97.1 Å². The molecule has 1 aliphatic heterocycles. The molecule has 6 heteroatoms. The Morgan fingerprint density at radius 1 is 0.842 bits per heavy atom. The molecule has 0 aliphatic carbocycles. The fourth-order valence-corrected chi connectivity index (χ4v) is 5.02. The predicted molar refractivity (Wildman–Crippen MR) is 144 cm³/mol. The van der Waals surface area contributed by atoms with Crippen LogP contribution >= 0.6 is 0 Å². The molecule has 2 unspecified atom stereocenters. The van der Waals surface area contributed by atoms with E-state index in [1.807, 2.05) is 42.5 Å². The maximum Gasteiger partial charge on any atom is 0.338 e. The number of ether oxygens (including phenoxy) is 2. The first-order valence-electron chi connectivity index (χ1n) is 12.9. The van der Waals surface area contributed by atoms with Crippen molar-refractivity contribution in [1.29, 1.82) is 0 Å². The second kappa shape index (κ2) is 11.9. The van der Waals surface area contributed by atoms with E-state index in [1.54, 1.807) is 12.1 Å². The number of hydrogen-bond acceptors (Lipinski definition) is 5. The molecule has 0 aromatic heterocycles. The predicted octanol–water partition coefficient (Wildman–Crippen LogP) is 4.96. The zero-order chi connectivity index (χ0) is 26.3. The largest absolute Gasteiger partial charge is 0.530 e. The van der Waals surface area contributed by atoms with Gasteiger partial charge in [0.15, 0.2) is 0 Å². The summed E-state index contributed by atoms with van der Waals surface area (Å²) in [6.07, 6.45) is -0.178. The third kappa shape index (κ3) is 6.21. The van der Waals surface area contributed by atoms with E-state index in [0.29, 0.717) is 38.2 Å². The number of fused-ring (bicyclic) bond motifs is 1. The van der Waals surface area contributed by atoms with E-state index < -0.39 is 6.09 Å². The highest BCUT2D eigenvalue weighted by Crippen LogP contribution is 2.31. The van der Waals surface area contributed by atoms with Crippen LogP contribution in [-0.4, -0.2) is 42.8 Å². The summed E-state index contributed by atoms with van der Waals surface area (Å²) in [4.78, 5) is 25.0. The van der Waals surface area contributed by atoms with Crippen LogP contribution in [0, 0.1) is 0 Å². The van der Waals surface area contributed by atoms with Crippen molar-refractivity contribution in [2.24, 2.45) is 0 Å². The van der Waals surface area contributed by atoms with E-state index >= 15 is 0 Å². The SMILES string of the molecule is O=C(OCCc1ccc(C2CCN(C(=O)[O-])CC2OCc2ccc3ccccc3c2)cc1)c1ccccc1. The minimum Gasteiger partial charge on any atom is -0.530 e. The van der Waals surface area contributed by atoms with Crippen molar-refractivity contribution < 1.29 is 24.2 Å². The molecule has 2 atom stereocenters. The lowest BCUT2D eigenvalue weighted by Gasteiger charge is -2.40. The van der Waals surface area contributed by atoms with Crippen molar-refractivity contribution in [1.82, 2.24) is 4.90 Å². The van der Waals surface area contributed by atoms with Crippen molar-refractivity contribution in [2.75, 3.05) is 19.7 Å². The normalized spacial score (nSPS) is 17.3. The fourth-order valence-electron chi connectivity index (χ4n) is 5.02. The Morgan fingerprint density at radius 2 is 1.55 bits per heavy atom. The van der Waals surface area contributed by atoms with Gasteiger partial charge >= 0.3 is 5.97 Å².